The molecule has 1 aliphatic carbocycles. The fourth-order valence-corrected chi connectivity index (χ4v) is 5.06. The quantitative estimate of drug-likeness (QED) is 0.476. The predicted octanol–water partition coefficient (Wildman–Crippen LogP) is 6.34. The van der Waals surface area contributed by atoms with Crippen LogP contribution in [0.5, 0.6) is 11.5 Å². The van der Waals surface area contributed by atoms with Gasteiger partial charge in [-0.05, 0) is 48.4 Å². The van der Waals surface area contributed by atoms with Crippen molar-refractivity contribution in [2.75, 3.05) is 24.9 Å². The molecule has 0 amide bonds. The molecule has 3 aromatic carbocycles. The van der Waals surface area contributed by atoms with Gasteiger partial charge < -0.3 is 20.1 Å². The van der Waals surface area contributed by atoms with E-state index in [9.17, 15) is 4.79 Å². The summed E-state index contributed by atoms with van der Waals surface area (Å²) in [6, 6.07) is 21.1. The summed E-state index contributed by atoms with van der Waals surface area (Å²) >= 11 is 6.59. The van der Waals surface area contributed by atoms with Crippen LogP contribution in [0.25, 0.3) is 0 Å². The summed E-state index contributed by atoms with van der Waals surface area (Å²) in [4.78, 5) is 13.7. The van der Waals surface area contributed by atoms with Gasteiger partial charge in [0.15, 0.2) is 5.78 Å². The highest BCUT2D eigenvalue weighted by Crippen LogP contribution is 2.47. The molecule has 3 aromatic rings. The van der Waals surface area contributed by atoms with Crippen LogP contribution in [-0.4, -0.2) is 20.0 Å². The minimum atomic E-state index is -0.342. The summed E-state index contributed by atoms with van der Waals surface area (Å²) in [5.41, 5.74) is 5.36. The van der Waals surface area contributed by atoms with Crippen LogP contribution in [0.4, 0.5) is 11.4 Å². The molecule has 0 saturated carbocycles. The van der Waals surface area contributed by atoms with Crippen molar-refractivity contribution < 1.29 is 14.3 Å². The molecule has 6 heteroatoms. The number of carbonyl (C=O) groups excluding carboxylic acids is 1. The summed E-state index contributed by atoms with van der Waals surface area (Å²) < 4.78 is 11.1. The topological polar surface area (TPSA) is 59.6 Å². The number of Topliss-reactive ketones (excluding diaryl/α,β-unsaturated/α-hetero) is 1. The summed E-state index contributed by atoms with van der Waals surface area (Å²) in [6.45, 7) is 0. The molecule has 2 atom stereocenters. The molecule has 0 fully saturated rings. The minimum Gasteiger partial charge on any atom is -0.497 e. The lowest BCUT2D eigenvalue weighted by atomic mass is 9.78. The monoisotopic (exact) mass is 460 g/mol. The van der Waals surface area contributed by atoms with Crippen molar-refractivity contribution in [1.82, 2.24) is 0 Å². The first kappa shape index (κ1) is 21.4. The van der Waals surface area contributed by atoms with Crippen LogP contribution >= 0.6 is 11.6 Å². The number of allylic oxidation sites excluding steroid dienone is 1. The summed E-state index contributed by atoms with van der Waals surface area (Å²) in [5, 5.41) is 7.76. The third-order valence-electron chi connectivity index (χ3n) is 6.40. The largest absolute Gasteiger partial charge is 0.497 e. The van der Waals surface area contributed by atoms with E-state index >= 15 is 0 Å². The van der Waals surface area contributed by atoms with E-state index in [1.54, 1.807) is 14.2 Å². The zero-order valence-electron chi connectivity index (χ0n) is 18.5. The average molecular weight is 461 g/mol. The fraction of sp³-hybridized carbons (Fsp3) is 0.222. The number of halogens is 1. The third-order valence-corrected chi connectivity index (χ3v) is 6.75. The van der Waals surface area contributed by atoms with E-state index in [0.717, 1.165) is 45.3 Å². The van der Waals surface area contributed by atoms with Gasteiger partial charge in [-0.25, -0.2) is 0 Å². The molecule has 0 spiro atoms. The minimum absolute atomic E-state index is 0.0362. The molecule has 0 aromatic heterocycles. The van der Waals surface area contributed by atoms with Crippen LogP contribution in [0.3, 0.4) is 0 Å². The number of anilines is 2. The Morgan fingerprint density at radius 2 is 1.64 bits per heavy atom. The molecular weight excluding hydrogens is 436 g/mol. The number of nitrogens with one attached hydrogen (secondary N) is 2. The number of hydrogen-bond acceptors (Lipinski definition) is 5. The number of carbonyl (C=O) groups is 1. The number of fused-ring (bicyclic) bond motifs is 1. The number of benzene rings is 3. The number of ketones is 1. The van der Waals surface area contributed by atoms with Gasteiger partial charge in [0.1, 0.15) is 11.5 Å². The standard InChI is InChI=1S/C27H25ClN2O3/c1-32-17-11-12-25(33-2)19(15-17)16-13-23-26(24(31)14-16)27(18-7-3-4-8-20(18)28)30-22-10-6-5-9-21(22)29-23/h3-12,15-16,27,29-30H,13-14H2,1-2H3. The molecule has 5 rings (SSSR count). The highest BCUT2D eigenvalue weighted by Gasteiger charge is 2.37. The summed E-state index contributed by atoms with van der Waals surface area (Å²) in [7, 11) is 3.29. The van der Waals surface area contributed by atoms with E-state index in [2.05, 4.69) is 10.6 Å². The van der Waals surface area contributed by atoms with Gasteiger partial charge in [0, 0.05) is 34.2 Å². The van der Waals surface area contributed by atoms with E-state index in [-0.39, 0.29) is 17.7 Å². The lowest BCUT2D eigenvalue weighted by molar-refractivity contribution is -0.116. The zero-order chi connectivity index (χ0) is 22.9. The number of para-hydroxylation sites is 2. The van der Waals surface area contributed by atoms with Crippen molar-refractivity contribution in [2.45, 2.75) is 24.8 Å². The Balaban J connectivity index is 1.63. The van der Waals surface area contributed by atoms with Gasteiger partial charge in [-0.3, -0.25) is 4.79 Å². The van der Waals surface area contributed by atoms with Crippen molar-refractivity contribution in [1.29, 1.82) is 0 Å². The fourth-order valence-electron chi connectivity index (χ4n) is 4.81. The highest BCUT2D eigenvalue weighted by atomic mass is 35.5. The first-order chi connectivity index (χ1) is 16.1. The SMILES string of the molecule is COc1ccc(OC)c(C2CC(=O)C3=C(C2)Nc2ccccc2NC3c2ccccc2Cl)c1. The normalized spacial score (nSPS) is 19.5. The van der Waals surface area contributed by atoms with Crippen molar-refractivity contribution >= 4 is 28.8 Å². The Hall–Kier alpha value is -3.44. The molecule has 0 bridgehead atoms. The Bertz CT molecular complexity index is 1250. The first-order valence-corrected chi connectivity index (χ1v) is 11.3. The number of ether oxygens (including phenoxy) is 2. The maximum atomic E-state index is 13.7. The molecule has 5 nitrogen and oxygen atoms in total. The summed E-state index contributed by atoms with van der Waals surface area (Å²) in [5.74, 6) is 1.55. The smallest absolute Gasteiger partial charge is 0.163 e. The first-order valence-electron chi connectivity index (χ1n) is 10.9. The third kappa shape index (κ3) is 3.93. The Kier molecular flexibility index (Phi) is 5.73. The van der Waals surface area contributed by atoms with Crippen molar-refractivity contribution in [3.63, 3.8) is 0 Å². The lowest BCUT2D eigenvalue weighted by Crippen LogP contribution is -2.27. The number of methoxy groups -OCH3 is 2. The molecule has 2 aliphatic rings. The number of hydrogen-bond donors (Lipinski definition) is 2. The maximum Gasteiger partial charge on any atom is 0.163 e. The van der Waals surface area contributed by atoms with E-state index in [1.807, 2.05) is 66.7 Å². The van der Waals surface area contributed by atoms with Crippen molar-refractivity contribution in [2.24, 2.45) is 0 Å². The lowest BCUT2D eigenvalue weighted by Gasteiger charge is -2.31. The van der Waals surface area contributed by atoms with Crippen molar-refractivity contribution in [3.8, 4) is 11.5 Å². The average Bonchev–Trinajstić information content (AvgIpc) is 3.00. The second-order valence-corrected chi connectivity index (χ2v) is 8.71. The van der Waals surface area contributed by atoms with Gasteiger partial charge in [0.2, 0.25) is 0 Å². The van der Waals surface area contributed by atoms with E-state index in [1.165, 1.54) is 0 Å². The highest BCUT2D eigenvalue weighted by molar-refractivity contribution is 6.31. The van der Waals surface area contributed by atoms with Gasteiger partial charge in [-0.1, -0.05) is 41.9 Å². The summed E-state index contributed by atoms with van der Waals surface area (Å²) in [6.07, 6.45) is 1.05. The van der Waals surface area contributed by atoms with Gasteiger partial charge in [0.05, 0.1) is 31.6 Å². The molecule has 1 aliphatic heterocycles. The molecule has 33 heavy (non-hydrogen) atoms. The van der Waals surface area contributed by atoms with Crippen LogP contribution < -0.4 is 20.1 Å². The van der Waals surface area contributed by atoms with Crippen LogP contribution in [0.1, 0.15) is 35.9 Å². The molecule has 0 radical (unpaired) electrons. The van der Waals surface area contributed by atoms with Gasteiger partial charge in [-0.2, -0.15) is 0 Å². The zero-order valence-corrected chi connectivity index (χ0v) is 19.3. The van der Waals surface area contributed by atoms with Gasteiger partial charge >= 0.3 is 0 Å². The van der Waals surface area contributed by atoms with Crippen LogP contribution in [-0.2, 0) is 4.79 Å². The maximum absolute atomic E-state index is 13.7. The number of rotatable bonds is 4. The van der Waals surface area contributed by atoms with Gasteiger partial charge in [-0.15, -0.1) is 0 Å². The second kappa shape index (κ2) is 8.83. The molecular formula is C27H25ClN2O3. The molecule has 0 saturated heterocycles. The molecule has 1 heterocycles. The Morgan fingerprint density at radius 3 is 2.39 bits per heavy atom. The second-order valence-electron chi connectivity index (χ2n) is 8.30. The molecule has 2 N–H and O–H groups in total. The Labute approximate surface area is 198 Å². The van der Waals surface area contributed by atoms with E-state index < -0.39 is 0 Å². The molecule has 168 valence electrons. The molecule has 2 unspecified atom stereocenters. The predicted molar refractivity (Wildman–Crippen MR) is 131 cm³/mol. The van der Waals surface area contributed by atoms with E-state index in [0.29, 0.717) is 17.9 Å². The van der Waals surface area contributed by atoms with Crippen LogP contribution in [0.15, 0.2) is 78.0 Å². The van der Waals surface area contributed by atoms with Crippen LogP contribution in [0.2, 0.25) is 5.02 Å². The van der Waals surface area contributed by atoms with Gasteiger partial charge in [0.25, 0.3) is 0 Å². The Morgan fingerprint density at radius 1 is 0.879 bits per heavy atom. The van der Waals surface area contributed by atoms with Crippen LogP contribution in [0, 0.1) is 0 Å². The van der Waals surface area contributed by atoms with Crippen molar-refractivity contribution in [3.05, 3.63) is 94.1 Å². The van der Waals surface area contributed by atoms with E-state index in [4.69, 9.17) is 21.1 Å².